The fourth-order valence-electron chi connectivity index (χ4n) is 0.534. The van der Waals surface area contributed by atoms with Gasteiger partial charge in [-0.1, -0.05) is 0 Å². The van der Waals surface area contributed by atoms with Crippen LogP contribution < -0.4 is 8.55 Å². The third kappa shape index (κ3) is 7.75. The van der Waals surface area contributed by atoms with E-state index in [2.05, 4.69) is 30.0 Å². The molecule has 1 rings (SSSR count). The molecule has 0 heterocycles. The molecule has 0 atom stereocenters. The average Bonchev–Trinajstić information content (AvgIpc) is 2.07. The Morgan fingerprint density at radius 1 is 1.42 bits per heavy atom. The summed E-state index contributed by atoms with van der Waals surface area (Å²) in [5.74, 6) is -0.968. The molecule has 3 N–H and O–H groups in total. The number of hydrogen-bond acceptors (Lipinski definition) is 2. The second-order valence-electron chi connectivity index (χ2n) is 2.25. The van der Waals surface area contributed by atoms with Crippen molar-refractivity contribution in [2.24, 2.45) is 5.73 Å². The van der Waals surface area contributed by atoms with E-state index >= 15 is 0 Å². The SMILES string of the molecule is NCC(=O)O.[Na][c]1ccccc1. The summed E-state index contributed by atoms with van der Waals surface area (Å²) in [6.45, 7) is -0.278. The topological polar surface area (TPSA) is 63.3 Å². The van der Waals surface area contributed by atoms with Gasteiger partial charge >= 0.3 is 67.0 Å². The van der Waals surface area contributed by atoms with Gasteiger partial charge in [-0.15, -0.1) is 0 Å². The summed E-state index contributed by atoms with van der Waals surface area (Å²) in [7, 11) is 0. The summed E-state index contributed by atoms with van der Waals surface area (Å²) >= 11 is 1.17. The molecule has 0 aliphatic rings. The third-order valence-corrected chi connectivity index (χ3v) is 1.78. The normalized spacial score (nSPS) is 8.25. The van der Waals surface area contributed by atoms with Gasteiger partial charge in [0.25, 0.3) is 0 Å². The number of carboxylic acids is 1. The number of benzene rings is 1. The molecular weight excluding hydrogens is 165 g/mol. The first-order chi connectivity index (χ1) is 5.66. The van der Waals surface area contributed by atoms with Crippen molar-refractivity contribution in [2.75, 3.05) is 6.54 Å². The second-order valence-corrected chi connectivity index (χ2v) is 3.41. The van der Waals surface area contributed by atoms with Gasteiger partial charge in [-0.25, -0.2) is 0 Å². The van der Waals surface area contributed by atoms with Crippen LogP contribution in [-0.4, -0.2) is 45.6 Å². The van der Waals surface area contributed by atoms with E-state index in [0.29, 0.717) is 0 Å². The molecule has 0 aromatic heterocycles. The number of hydrogen-bond donors (Lipinski definition) is 2. The Bertz CT molecular complexity index is 226. The van der Waals surface area contributed by atoms with Crippen LogP contribution in [0.2, 0.25) is 0 Å². The van der Waals surface area contributed by atoms with Crippen molar-refractivity contribution in [1.29, 1.82) is 0 Å². The predicted octanol–water partition coefficient (Wildman–Crippen LogP) is -0.490. The Balaban J connectivity index is 0.000000217. The quantitative estimate of drug-likeness (QED) is 0.566. The van der Waals surface area contributed by atoms with Crippen molar-refractivity contribution < 1.29 is 9.90 Å². The second kappa shape index (κ2) is 7.31. The van der Waals surface area contributed by atoms with Crippen LogP contribution >= 0.6 is 0 Å². The molecule has 0 unspecified atom stereocenters. The number of aliphatic carboxylic acids is 1. The molecule has 0 aliphatic heterocycles. The fraction of sp³-hybridized carbons (Fsp3) is 0.125. The number of nitrogens with two attached hydrogens (primary N) is 1. The molecule has 1 aromatic rings. The molecule has 1 aromatic carbocycles. The van der Waals surface area contributed by atoms with Crippen LogP contribution in [0.3, 0.4) is 0 Å². The Labute approximate surface area is 89.0 Å². The zero-order valence-corrected chi connectivity index (χ0v) is 9.03. The minimum absolute atomic E-state index is 0.278. The van der Waals surface area contributed by atoms with Crippen LogP contribution in [0.1, 0.15) is 0 Å². The maximum absolute atomic E-state index is 9.24. The van der Waals surface area contributed by atoms with E-state index in [0.717, 1.165) is 0 Å². The Morgan fingerprint density at radius 2 is 1.83 bits per heavy atom. The molecule has 0 radical (unpaired) electrons. The van der Waals surface area contributed by atoms with Crippen LogP contribution in [0.15, 0.2) is 30.3 Å². The van der Waals surface area contributed by atoms with Crippen molar-refractivity contribution in [2.45, 2.75) is 0 Å². The van der Waals surface area contributed by atoms with Crippen molar-refractivity contribution in [1.82, 2.24) is 0 Å². The Morgan fingerprint density at radius 3 is 2.00 bits per heavy atom. The van der Waals surface area contributed by atoms with E-state index in [1.807, 2.05) is 6.07 Å². The van der Waals surface area contributed by atoms with Crippen LogP contribution in [0, 0.1) is 0 Å². The molecule has 0 saturated carbocycles. The molecule has 4 heteroatoms. The Hall–Kier alpha value is -0.350. The van der Waals surface area contributed by atoms with Gasteiger partial charge in [0.1, 0.15) is 0 Å². The monoisotopic (exact) mass is 175 g/mol. The van der Waals surface area contributed by atoms with E-state index in [4.69, 9.17) is 5.11 Å². The first-order valence-electron chi connectivity index (χ1n) is 3.60. The van der Waals surface area contributed by atoms with Crippen molar-refractivity contribution >= 4 is 36.7 Å². The van der Waals surface area contributed by atoms with Gasteiger partial charge in [-0.3, -0.25) is 4.79 Å². The van der Waals surface area contributed by atoms with Gasteiger partial charge in [-0.2, -0.15) is 0 Å². The van der Waals surface area contributed by atoms with Crippen molar-refractivity contribution in [3.8, 4) is 0 Å². The van der Waals surface area contributed by atoms with E-state index < -0.39 is 5.97 Å². The zero-order valence-electron chi connectivity index (χ0n) is 7.03. The molecule has 3 nitrogen and oxygen atoms in total. The van der Waals surface area contributed by atoms with Crippen molar-refractivity contribution in [3.05, 3.63) is 30.3 Å². The number of rotatable bonds is 1. The molecule has 0 saturated heterocycles. The van der Waals surface area contributed by atoms with Crippen LogP contribution in [-0.2, 0) is 4.79 Å². The molecule has 12 heavy (non-hydrogen) atoms. The molecule has 0 spiro atoms. The van der Waals surface area contributed by atoms with Crippen LogP contribution in [0.4, 0.5) is 0 Å². The summed E-state index contributed by atoms with van der Waals surface area (Å²) < 4.78 is 1.46. The molecule has 0 aliphatic carbocycles. The number of carboxylic acid groups (broad SMARTS) is 1. The summed E-state index contributed by atoms with van der Waals surface area (Å²) in [5, 5.41) is 7.60. The minimum atomic E-state index is -0.968. The van der Waals surface area contributed by atoms with Crippen LogP contribution in [0.25, 0.3) is 0 Å². The van der Waals surface area contributed by atoms with Gasteiger partial charge in [-0.05, 0) is 0 Å². The molecule has 0 amide bonds. The van der Waals surface area contributed by atoms with E-state index in [1.54, 1.807) is 0 Å². The predicted molar refractivity (Wildman–Crippen MR) is 48.5 cm³/mol. The maximum atomic E-state index is 9.24. The Kier molecular flexibility index (Phi) is 7.09. The standard InChI is InChI=1S/C6H5.C2H5NO2.Na/c1-2-4-6-5-3-1;3-1-2(4)5;/h1-5H;1,3H2,(H,4,5);. The van der Waals surface area contributed by atoms with Gasteiger partial charge in [0, 0.05) is 0 Å². The van der Waals surface area contributed by atoms with Crippen LogP contribution in [0.5, 0.6) is 0 Å². The van der Waals surface area contributed by atoms with Gasteiger partial charge in [0.2, 0.25) is 0 Å². The molecule has 0 bridgehead atoms. The van der Waals surface area contributed by atoms with Crippen molar-refractivity contribution in [3.63, 3.8) is 0 Å². The molecular formula is C8H10NNaO2. The summed E-state index contributed by atoms with van der Waals surface area (Å²) in [4.78, 5) is 9.24. The van der Waals surface area contributed by atoms with E-state index in [1.165, 1.54) is 30.7 Å². The molecule has 0 fully saturated rings. The number of carbonyl (C=O) groups is 1. The summed E-state index contributed by atoms with van der Waals surface area (Å²) in [6.07, 6.45) is 0. The fourth-order valence-corrected chi connectivity index (χ4v) is 0.919. The van der Waals surface area contributed by atoms with Gasteiger partial charge in [0.05, 0.1) is 6.54 Å². The van der Waals surface area contributed by atoms with E-state index in [9.17, 15) is 4.79 Å². The first-order valence-corrected chi connectivity index (χ1v) is 4.60. The third-order valence-electron chi connectivity index (χ3n) is 1.12. The first kappa shape index (κ1) is 11.6. The summed E-state index contributed by atoms with van der Waals surface area (Å²) in [5.41, 5.74) is 4.57. The zero-order chi connectivity index (χ0) is 9.40. The van der Waals surface area contributed by atoms with Gasteiger partial charge < -0.3 is 10.8 Å². The average molecular weight is 175 g/mol. The van der Waals surface area contributed by atoms with Gasteiger partial charge in [0.15, 0.2) is 0 Å². The molecule has 60 valence electrons. The summed E-state index contributed by atoms with van der Waals surface area (Å²) in [6, 6.07) is 10.5. The van der Waals surface area contributed by atoms with E-state index in [-0.39, 0.29) is 6.54 Å².